The molecule has 0 radical (unpaired) electrons. The van der Waals surface area contributed by atoms with Crippen LogP contribution in [0.3, 0.4) is 0 Å². The van der Waals surface area contributed by atoms with Crippen LogP contribution in [0.5, 0.6) is 5.75 Å². The molecule has 6 nitrogen and oxygen atoms in total. The number of carbonyl (C=O) groups excluding carboxylic acids is 1. The highest BCUT2D eigenvalue weighted by molar-refractivity contribution is 6.05. The van der Waals surface area contributed by atoms with Crippen LogP contribution in [0.2, 0.25) is 0 Å². The van der Waals surface area contributed by atoms with Crippen molar-refractivity contribution in [2.24, 2.45) is 0 Å². The van der Waals surface area contributed by atoms with Crippen molar-refractivity contribution in [1.82, 2.24) is 14.5 Å². The van der Waals surface area contributed by atoms with Crippen molar-refractivity contribution in [3.05, 3.63) is 72.4 Å². The number of ether oxygens (including phenoxy) is 1. The normalized spacial score (nSPS) is 10.8. The standard InChI is InChI=1S/C23H22N4O2/c1-3-13-27-21(26-20-11-6-12-24-22(20)27)16-7-4-8-17(14-16)23(28)25-18-9-5-10-19(15-18)29-2/h4-12,14-15H,3,13H2,1-2H3,(H,25,28). The van der Waals surface area contributed by atoms with Crippen molar-refractivity contribution in [2.75, 3.05) is 12.4 Å². The highest BCUT2D eigenvalue weighted by atomic mass is 16.5. The van der Waals surface area contributed by atoms with E-state index in [0.717, 1.165) is 35.5 Å². The second-order valence-corrected chi connectivity index (χ2v) is 6.70. The topological polar surface area (TPSA) is 69.0 Å². The summed E-state index contributed by atoms with van der Waals surface area (Å²) in [7, 11) is 1.60. The predicted octanol–water partition coefficient (Wildman–Crippen LogP) is 4.77. The summed E-state index contributed by atoms with van der Waals surface area (Å²) in [5, 5.41) is 2.92. The molecule has 0 fully saturated rings. The molecule has 0 spiro atoms. The largest absolute Gasteiger partial charge is 0.497 e. The van der Waals surface area contributed by atoms with Crippen molar-refractivity contribution < 1.29 is 9.53 Å². The first-order chi connectivity index (χ1) is 14.2. The molecule has 0 aliphatic rings. The minimum absolute atomic E-state index is 0.184. The molecule has 1 N–H and O–H groups in total. The Bertz CT molecular complexity index is 1170. The van der Waals surface area contributed by atoms with Crippen LogP contribution < -0.4 is 10.1 Å². The van der Waals surface area contributed by atoms with E-state index in [1.165, 1.54) is 0 Å². The van der Waals surface area contributed by atoms with Gasteiger partial charge in [0.15, 0.2) is 5.65 Å². The zero-order valence-corrected chi connectivity index (χ0v) is 16.4. The number of hydrogen-bond acceptors (Lipinski definition) is 4. The summed E-state index contributed by atoms with van der Waals surface area (Å²) in [6.45, 7) is 2.93. The van der Waals surface area contributed by atoms with Crippen molar-refractivity contribution in [3.8, 4) is 17.1 Å². The molecule has 2 heterocycles. The van der Waals surface area contributed by atoms with Gasteiger partial charge in [0, 0.05) is 35.6 Å². The lowest BCUT2D eigenvalue weighted by molar-refractivity contribution is 0.102. The van der Waals surface area contributed by atoms with Gasteiger partial charge in [0.25, 0.3) is 5.91 Å². The number of benzene rings is 2. The number of nitrogens with zero attached hydrogens (tertiary/aromatic N) is 3. The lowest BCUT2D eigenvalue weighted by Crippen LogP contribution is -2.12. The van der Waals surface area contributed by atoms with Crippen LogP contribution in [0.1, 0.15) is 23.7 Å². The molecular formula is C23H22N4O2. The van der Waals surface area contributed by atoms with Gasteiger partial charge in [-0.2, -0.15) is 0 Å². The Labute approximate surface area is 169 Å². The molecule has 2 aromatic heterocycles. The van der Waals surface area contributed by atoms with Gasteiger partial charge in [-0.25, -0.2) is 9.97 Å². The third kappa shape index (κ3) is 3.82. The van der Waals surface area contributed by atoms with E-state index in [1.54, 1.807) is 25.4 Å². The number of fused-ring (bicyclic) bond motifs is 1. The van der Waals surface area contributed by atoms with Gasteiger partial charge in [-0.05, 0) is 42.8 Å². The monoisotopic (exact) mass is 386 g/mol. The van der Waals surface area contributed by atoms with E-state index in [2.05, 4.69) is 21.8 Å². The lowest BCUT2D eigenvalue weighted by Gasteiger charge is -2.10. The Balaban J connectivity index is 1.68. The number of imidazole rings is 1. The highest BCUT2D eigenvalue weighted by Crippen LogP contribution is 2.25. The summed E-state index contributed by atoms with van der Waals surface area (Å²) in [6, 6.07) is 18.6. The first kappa shape index (κ1) is 18.7. The molecule has 4 aromatic rings. The van der Waals surface area contributed by atoms with E-state index in [9.17, 15) is 4.79 Å². The van der Waals surface area contributed by atoms with Gasteiger partial charge < -0.3 is 14.6 Å². The van der Waals surface area contributed by atoms with Gasteiger partial charge in [0.2, 0.25) is 0 Å². The zero-order chi connectivity index (χ0) is 20.2. The molecule has 1 amide bonds. The number of pyridine rings is 1. The number of aryl methyl sites for hydroxylation is 1. The quantitative estimate of drug-likeness (QED) is 0.518. The van der Waals surface area contributed by atoms with Crippen LogP contribution in [0.4, 0.5) is 5.69 Å². The van der Waals surface area contributed by atoms with Gasteiger partial charge in [-0.1, -0.05) is 25.1 Å². The van der Waals surface area contributed by atoms with Crippen LogP contribution in [-0.2, 0) is 6.54 Å². The van der Waals surface area contributed by atoms with Crippen molar-refractivity contribution in [2.45, 2.75) is 19.9 Å². The molecular weight excluding hydrogens is 364 g/mol. The van der Waals surface area contributed by atoms with Crippen molar-refractivity contribution in [1.29, 1.82) is 0 Å². The number of amides is 1. The third-order valence-corrected chi connectivity index (χ3v) is 4.66. The maximum absolute atomic E-state index is 12.8. The fourth-order valence-electron chi connectivity index (χ4n) is 3.32. The molecule has 0 saturated heterocycles. The second-order valence-electron chi connectivity index (χ2n) is 6.70. The van der Waals surface area contributed by atoms with Crippen LogP contribution in [0.15, 0.2) is 66.9 Å². The number of rotatable bonds is 6. The maximum atomic E-state index is 12.8. The highest BCUT2D eigenvalue weighted by Gasteiger charge is 2.15. The molecule has 146 valence electrons. The Morgan fingerprint density at radius 2 is 1.97 bits per heavy atom. The fraction of sp³-hybridized carbons (Fsp3) is 0.174. The second kappa shape index (κ2) is 8.14. The molecule has 2 aromatic carbocycles. The molecule has 0 atom stereocenters. The average Bonchev–Trinajstić information content (AvgIpc) is 3.13. The summed E-state index contributed by atoms with van der Waals surface area (Å²) in [5.41, 5.74) is 3.84. The van der Waals surface area contributed by atoms with Crippen molar-refractivity contribution >= 4 is 22.8 Å². The first-order valence-corrected chi connectivity index (χ1v) is 9.56. The van der Waals surface area contributed by atoms with Crippen LogP contribution in [0, 0.1) is 0 Å². The number of methoxy groups -OCH3 is 1. The molecule has 0 saturated carbocycles. The predicted molar refractivity (Wildman–Crippen MR) is 114 cm³/mol. The Morgan fingerprint density at radius 3 is 2.79 bits per heavy atom. The smallest absolute Gasteiger partial charge is 0.255 e. The number of aromatic nitrogens is 3. The number of nitrogens with one attached hydrogen (secondary N) is 1. The Hall–Kier alpha value is -3.67. The maximum Gasteiger partial charge on any atom is 0.255 e. The van der Waals surface area contributed by atoms with Crippen molar-refractivity contribution in [3.63, 3.8) is 0 Å². The van der Waals surface area contributed by atoms with E-state index in [0.29, 0.717) is 17.0 Å². The minimum atomic E-state index is -0.184. The van der Waals surface area contributed by atoms with Gasteiger partial charge in [-0.15, -0.1) is 0 Å². The first-order valence-electron chi connectivity index (χ1n) is 9.56. The van der Waals surface area contributed by atoms with E-state index in [4.69, 9.17) is 9.72 Å². The minimum Gasteiger partial charge on any atom is -0.497 e. The molecule has 4 rings (SSSR count). The van der Waals surface area contributed by atoms with Gasteiger partial charge in [0.05, 0.1) is 7.11 Å². The van der Waals surface area contributed by atoms with E-state index < -0.39 is 0 Å². The summed E-state index contributed by atoms with van der Waals surface area (Å²) in [4.78, 5) is 22.0. The number of carbonyl (C=O) groups is 1. The van der Waals surface area contributed by atoms with Gasteiger partial charge >= 0.3 is 0 Å². The molecule has 0 aliphatic heterocycles. The van der Waals surface area contributed by atoms with Gasteiger partial charge in [0.1, 0.15) is 17.1 Å². The molecule has 0 unspecified atom stereocenters. The summed E-state index contributed by atoms with van der Waals surface area (Å²) in [5.74, 6) is 1.32. The molecule has 0 bridgehead atoms. The summed E-state index contributed by atoms with van der Waals surface area (Å²) in [6.07, 6.45) is 2.74. The third-order valence-electron chi connectivity index (χ3n) is 4.66. The number of hydrogen-bond donors (Lipinski definition) is 1. The van der Waals surface area contributed by atoms with Gasteiger partial charge in [-0.3, -0.25) is 4.79 Å². The van der Waals surface area contributed by atoms with Crippen LogP contribution in [0.25, 0.3) is 22.6 Å². The van der Waals surface area contributed by atoms with E-state index in [-0.39, 0.29) is 5.91 Å². The Kier molecular flexibility index (Phi) is 5.24. The van der Waals surface area contributed by atoms with Crippen LogP contribution in [-0.4, -0.2) is 27.6 Å². The summed E-state index contributed by atoms with van der Waals surface area (Å²) < 4.78 is 7.32. The molecule has 0 aliphatic carbocycles. The lowest BCUT2D eigenvalue weighted by atomic mass is 10.1. The van der Waals surface area contributed by atoms with E-state index >= 15 is 0 Å². The molecule has 29 heavy (non-hydrogen) atoms. The van der Waals surface area contributed by atoms with Crippen LogP contribution >= 0.6 is 0 Å². The zero-order valence-electron chi connectivity index (χ0n) is 16.4. The summed E-state index contributed by atoms with van der Waals surface area (Å²) >= 11 is 0. The average molecular weight is 386 g/mol. The number of anilines is 1. The molecule has 6 heteroatoms. The SMILES string of the molecule is CCCn1c(-c2cccc(C(=O)Nc3cccc(OC)c3)c2)nc2cccnc21. The van der Waals surface area contributed by atoms with E-state index in [1.807, 2.05) is 48.5 Å². The Morgan fingerprint density at radius 1 is 1.10 bits per heavy atom. The fourth-order valence-corrected chi connectivity index (χ4v) is 3.32.